The Bertz CT molecular complexity index is 2590. The highest BCUT2D eigenvalue weighted by Crippen LogP contribution is 2.30. The van der Waals surface area contributed by atoms with Crippen LogP contribution in [-0.2, 0) is 20.9 Å². The predicted octanol–water partition coefficient (Wildman–Crippen LogP) is 4.15. The van der Waals surface area contributed by atoms with Crippen LogP contribution in [0.15, 0.2) is 72.9 Å². The number of anilines is 5. The van der Waals surface area contributed by atoms with Crippen LogP contribution in [0, 0.1) is 23.2 Å². The van der Waals surface area contributed by atoms with Crippen LogP contribution in [-0.4, -0.2) is 121 Å². The Labute approximate surface area is 389 Å². The van der Waals surface area contributed by atoms with Gasteiger partial charge < -0.3 is 46.0 Å². The lowest BCUT2D eigenvalue weighted by Crippen LogP contribution is -2.54. The Hall–Kier alpha value is -7.54. The smallest absolute Gasteiger partial charge is 0.317 e. The zero-order valence-corrected chi connectivity index (χ0v) is 37.4. The molecule has 2 saturated heterocycles. The molecular weight excluding hydrogens is 853 g/mol. The van der Waals surface area contributed by atoms with Crippen LogP contribution in [0.3, 0.4) is 0 Å². The molecule has 6 amide bonds. The van der Waals surface area contributed by atoms with E-state index in [9.17, 15) is 29.2 Å². The quantitative estimate of drug-likeness (QED) is 0.0595. The zero-order valence-electron chi connectivity index (χ0n) is 37.4. The van der Waals surface area contributed by atoms with Crippen LogP contribution < -0.4 is 36.8 Å². The monoisotopic (exact) mass is 906 g/mol. The molecule has 4 heterocycles. The number of nitrogens with zero attached hydrogens (tertiary/aromatic N) is 6. The SMILES string of the molecule is CNC(=O)c1ccccc1Nc1nc(Nc2ccc(N3CCN(C(=O)NC4CCC(NCCOCCC#Cc5cccc6c5CN(C5CCC(=O)NC5=O)C6=O)CC4)CC3)cc2)ncc1C#N. The molecule has 18 nitrogen and oxygen atoms in total. The van der Waals surface area contributed by atoms with Crippen molar-refractivity contribution < 1.29 is 28.7 Å². The maximum atomic E-state index is 13.2. The highest BCUT2D eigenvalue weighted by Gasteiger charge is 2.39. The molecule has 1 atom stereocenters. The Kier molecular flexibility index (Phi) is 14.9. The number of imide groups is 1. The average molecular weight is 907 g/mol. The molecule has 3 aliphatic heterocycles. The number of urea groups is 1. The lowest BCUT2D eigenvalue weighted by atomic mass is 9.91. The summed E-state index contributed by atoms with van der Waals surface area (Å²) in [5, 5.41) is 27.8. The summed E-state index contributed by atoms with van der Waals surface area (Å²) in [6, 6.07) is 22.3. The van der Waals surface area contributed by atoms with E-state index >= 15 is 0 Å². The van der Waals surface area contributed by atoms with Crippen molar-refractivity contribution in [3.63, 3.8) is 0 Å². The van der Waals surface area contributed by atoms with E-state index in [0.717, 1.165) is 54.7 Å². The summed E-state index contributed by atoms with van der Waals surface area (Å²) < 4.78 is 5.84. The molecule has 1 unspecified atom stereocenters. The van der Waals surface area contributed by atoms with Gasteiger partial charge in [-0.2, -0.15) is 10.2 Å². The Morgan fingerprint density at radius 2 is 1.66 bits per heavy atom. The molecule has 0 radical (unpaired) electrons. The second-order valence-electron chi connectivity index (χ2n) is 16.8. The van der Waals surface area contributed by atoms with Crippen molar-refractivity contribution in [3.8, 4) is 17.9 Å². The van der Waals surface area contributed by atoms with Crippen molar-refractivity contribution >= 4 is 58.5 Å². The summed E-state index contributed by atoms with van der Waals surface area (Å²) in [5.74, 6) is 5.69. The first-order valence-corrected chi connectivity index (χ1v) is 22.8. The summed E-state index contributed by atoms with van der Waals surface area (Å²) in [5.41, 5.74) is 5.09. The number of piperazine rings is 1. The molecule has 1 aliphatic carbocycles. The fraction of sp³-hybridized carbons (Fsp3) is 0.388. The Morgan fingerprint density at radius 3 is 2.42 bits per heavy atom. The van der Waals surface area contributed by atoms with Gasteiger partial charge in [0, 0.05) is 93.7 Å². The van der Waals surface area contributed by atoms with E-state index in [1.807, 2.05) is 35.2 Å². The van der Waals surface area contributed by atoms with Gasteiger partial charge in [0.15, 0.2) is 5.82 Å². The Balaban J connectivity index is 0.701. The Morgan fingerprint density at radius 1 is 0.881 bits per heavy atom. The van der Waals surface area contributed by atoms with E-state index in [0.29, 0.717) is 81.6 Å². The molecule has 0 bridgehead atoms. The topological polar surface area (TPSA) is 226 Å². The first-order valence-electron chi connectivity index (χ1n) is 22.8. The largest absolute Gasteiger partial charge is 0.379 e. The molecule has 1 saturated carbocycles. The van der Waals surface area contributed by atoms with Gasteiger partial charge in [0.2, 0.25) is 17.8 Å². The number of ether oxygens (including phenoxy) is 1. The van der Waals surface area contributed by atoms with E-state index in [2.05, 4.69) is 64.7 Å². The van der Waals surface area contributed by atoms with Crippen LogP contribution in [0.2, 0.25) is 0 Å². The third-order valence-electron chi connectivity index (χ3n) is 12.5. The molecule has 18 heteroatoms. The minimum absolute atomic E-state index is 0.0140. The van der Waals surface area contributed by atoms with Crippen molar-refractivity contribution in [2.45, 2.75) is 69.6 Å². The van der Waals surface area contributed by atoms with Gasteiger partial charge in [-0.05, 0) is 86.2 Å². The summed E-state index contributed by atoms with van der Waals surface area (Å²) >= 11 is 0. The van der Waals surface area contributed by atoms with Crippen LogP contribution in [0.1, 0.15) is 82.4 Å². The number of carbonyl (C=O) groups is 5. The zero-order chi connectivity index (χ0) is 46.7. The van der Waals surface area contributed by atoms with Crippen molar-refractivity contribution in [2.24, 2.45) is 0 Å². The second-order valence-corrected chi connectivity index (χ2v) is 16.8. The van der Waals surface area contributed by atoms with Gasteiger partial charge in [0.05, 0.1) is 30.7 Å². The number of nitriles is 1. The van der Waals surface area contributed by atoms with Gasteiger partial charge in [-0.15, -0.1) is 0 Å². The molecule has 346 valence electrons. The summed E-state index contributed by atoms with van der Waals surface area (Å²) in [7, 11) is 1.56. The van der Waals surface area contributed by atoms with Crippen molar-refractivity contribution in [1.82, 2.24) is 41.0 Å². The third kappa shape index (κ3) is 11.3. The van der Waals surface area contributed by atoms with Gasteiger partial charge in [-0.1, -0.05) is 30.0 Å². The third-order valence-corrected chi connectivity index (χ3v) is 12.5. The number of piperidine rings is 1. The van der Waals surface area contributed by atoms with Gasteiger partial charge >= 0.3 is 6.03 Å². The molecule has 6 N–H and O–H groups in total. The van der Waals surface area contributed by atoms with Crippen LogP contribution in [0.4, 0.5) is 33.6 Å². The molecule has 8 rings (SSSR count). The van der Waals surface area contributed by atoms with Crippen molar-refractivity contribution in [2.75, 3.05) is 68.5 Å². The fourth-order valence-corrected chi connectivity index (χ4v) is 8.85. The first kappa shape index (κ1) is 46.0. The van der Waals surface area contributed by atoms with Crippen LogP contribution in [0.25, 0.3) is 0 Å². The minimum Gasteiger partial charge on any atom is -0.379 e. The molecule has 0 spiro atoms. The number of hydrogen-bond donors (Lipinski definition) is 6. The lowest BCUT2D eigenvalue weighted by Gasteiger charge is -2.37. The average Bonchev–Trinajstić information content (AvgIpc) is 3.69. The van der Waals surface area contributed by atoms with E-state index < -0.39 is 11.9 Å². The van der Waals surface area contributed by atoms with Gasteiger partial charge in [-0.25, -0.2) is 9.78 Å². The lowest BCUT2D eigenvalue weighted by molar-refractivity contribution is -0.136. The van der Waals surface area contributed by atoms with Gasteiger partial charge in [-0.3, -0.25) is 24.5 Å². The van der Waals surface area contributed by atoms with E-state index in [1.165, 1.54) is 11.1 Å². The maximum Gasteiger partial charge on any atom is 0.317 e. The van der Waals surface area contributed by atoms with E-state index in [-0.39, 0.29) is 53.5 Å². The summed E-state index contributed by atoms with van der Waals surface area (Å²) in [6.45, 7) is 4.72. The molecule has 1 aromatic heterocycles. The highest BCUT2D eigenvalue weighted by molar-refractivity contribution is 6.05. The number of aromatic nitrogens is 2. The molecule has 3 aromatic carbocycles. The minimum atomic E-state index is -0.657. The van der Waals surface area contributed by atoms with Crippen molar-refractivity contribution in [3.05, 3.63) is 101 Å². The summed E-state index contributed by atoms with van der Waals surface area (Å²) in [6.07, 6.45) is 6.29. The number of nitrogens with one attached hydrogen (secondary N) is 6. The molecular formula is C49H54N12O6. The predicted molar refractivity (Wildman–Crippen MR) is 251 cm³/mol. The number of benzene rings is 3. The van der Waals surface area contributed by atoms with E-state index in [1.54, 1.807) is 43.4 Å². The fourth-order valence-electron chi connectivity index (χ4n) is 8.85. The summed E-state index contributed by atoms with van der Waals surface area (Å²) in [4.78, 5) is 77.2. The number of fused-ring (bicyclic) bond motifs is 1. The van der Waals surface area contributed by atoms with Gasteiger partial charge in [0.25, 0.3) is 11.8 Å². The standard InChI is InChI=1S/C49H54N12O6/c1-51-45(63)39-9-2-3-11-41(39)56-44-33(29-50)30-53-48(58-44)54-35-16-18-37(19-17-35)59-23-25-60(26-24-59)49(66)55-36-14-12-34(13-15-36)52-22-28-67-27-5-4-7-32-8-6-10-38-40(32)31-61(47(38)65)42-20-21-43(62)57-46(42)64/h2-3,6,8-11,16-19,30,34,36,42,52H,5,12-15,20-28,31H2,1H3,(H,51,63)(H,55,66)(H,57,62,64)(H2,53,54,56,58). The van der Waals surface area contributed by atoms with Crippen LogP contribution in [0.5, 0.6) is 0 Å². The first-order chi connectivity index (χ1) is 32.7. The number of para-hydroxylation sites is 1. The molecule has 4 aromatic rings. The normalized spacial score (nSPS) is 19.1. The number of carbonyl (C=O) groups excluding carboxylic acids is 5. The second kappa shape index (κ2) is 21.6. The van der Waals surface area contributed by atoms with Crippen LogP contribution >= 0.6 is 0 Å². The molecule has 3 fully saturated rings. The van der Waals surface area contributed by atoms with Gasteiger partial charge in [0.1, 0.15) is 17.7 Å². The number of hydrogen-bond acceptors (Lipinski definition) is 13. The number of amides is 6. The molecule has 67 heavy (non-hydrogen) atoms. The van der Waals surface area contributed by atoms with Crippen molar-refractivity contribution in [1.29, 1.82) is 5.26 Å². The number of rotatable bonds is 14. The molecule has 4 aliphatic rings. The highest BCUT2D eigenvalue weighted by atomic mass is 16.5. The maximum absolute atomic E-state index is 13.2. The van der Waals surface area contributed by atoms with E-state index in [4.69, 9.17) is 4.74 Å².